The van der Waals surface area contributed by atoms with E-state index in [0.717, 1.165) is 3.57 Å². The Kier molecular flexibility index (Phi) is 4.99. The minimum atomic E-state index is -0.403. The summed E-state index contributed by atoms with van der Waals surface area (Å²) in [6.45, 7) is 0.135. The second-order valence-electron chi connectivity index (χ2n) is 4.37. The van der Waals surface area contributed by atoms with Gasteiger partial charge in [0, 0.05) is 33.3 Å². The van der Waals surface area contributed by atoms with Gasteiger partial charge in [0.2, 0.25) is 0 Å². The third-order valence-corrected chi connectivity index (χ3v) is 3.97. The first-order chi connectivity index (χ1) is 9.49. The van der Waals surface area contributed by atoms with E-state index in [4.69, 9.17) is 11.6 Å². The lowest BCUT2D eigenvalue weighted by atomic mass is 10.1. The van der Waals surface area contributed by atoms with Gasteiger partial charge in [-0.15, -0.1) is 0 Å². The Hall–Kier alpha value is -1.14. The molecule has 0 N–H and O–H groups in total. The predicted molar refractivity (Wildman–Crippen MR) is 86.4 cm³/mol. The van der Waals surface area contributed by atoms with Crippen LogP contribution in [0, 0.1) is 9.39 Å². The highest BCUT2D eigenvalue weighted by Gasteiger charge is 2.15. The first-order valence-electron chi connectivity index (χ1n) is 5.93. The number of hydrogen-bond donors (Lipinski definition) is 0. The van der Waals surface area contributed by atoms with Crippen molar-refractivity contribution in [2.75, 3.05) is 7.05 Å². The van der Waals surface area contributed by atoms with Crippen molar-refractivity contribution in [2.45, 2.75) is 6.54 Å². The minimum Gasteiger partial charge on any atom is -0.337 e. The molecular formula is C15H12ClFINO. The molecule has 0 aromatic heterocycles. The molecule has 0 spiro atoms. The standard InChI is InChI=1S/C15H12ClFINO/c1-19(9-12-13(16)3-2-4-14(12)17)15(20)10-5-7-11(18)8-6-10/h2-8H,9H2,1H3. The largest absolute Gasteiger partial charge is 0.337 e. The van der Waals surface area contributed by atoms with Crippen LogP contribution in [-0.4, -0.2) is 17.9 Å². The molecule has 104 valence electrons. The lowest BCUT2D eigenvalue weighted by Crippen LogP contribution is -2.26. The molecule has 0 aliphatic carbocycles. The highest BCUT2D eigenvalue weighted by molar-refractivity contribution is 14.1. The van der Waals surface area contributed by atoms with Gasteiger partial charge in [-0.25, -0.2) is 4.39 Å². The van der Waals surface area contributed by atoms with Gasteiger partial charge in [-0.1, -0.05) is 17.7 Å². The summed E-state index contributed by atoms with van der Waals surface area (Å²) >= 11 is 8.14. The Bertz CT molecular complexity index is 610. The van der Waals surface area contributed by atoms with Crippen molar-refractivity contribution in [3.8, 4) is 0 Å². The maximum absolute atomic E-state index is 13.7. The monoisotopic (exact) mass is 403 g/mol. The topological polar surface area (TPSA) is 20.3 Å². The molecule has 2 nitrogen and oxygen atoms in total. The van der Waals surface area contributed by atoms with Crippen molar-refractivity contribution >= 4 is 40.1 Å². The number of amides is 1. The third kappa shape index (κ3) is 3.49. The lowest BCUT2D eigenvalue weighted by Gasteiger charge is -2.18. The van der Waals surface area contributed by atoms with E-state index in [0.29, 0.717) is 16.1 Å². The van der Waals surface area contributed by atoms with E-state index in [1.165, 1.54) is 11.0 Å². The average Bonchev–Trinajstić information content (AvgIpc) is 2.43. The molecule has 5 heteroatoms. The molecule has 0 heterocycles. The molecule has 0 aliphatic rings. The molecule has 2 aromatic rings. The summed E-state index contributed by atoms with van der Waals surface area (Å²) in [6.07, 6.45) is 0. The molecule has 0 bridgehead atoms. The van der Waals surface area contributed by atoms with Gasteiger partial charge in [-0.3, -0.25) is 4.79 Å². The van der Waals surface area contributed by atoms with Gasteiger partial charge in [0.1, 0.15) is 5.82 Å². The zero-order chi connectivity index (χ0) is 14.7. The minimum absolute atomic E-state index is 0.135. The molecule has 2 rings (SSSR count). The molecule has 0 saturated heterocycles. The summed E-state index contributed by atoms with van der Waals surface area (Å²) in [5.74, 6) is -0.569. The average molecular weight is 404 g/mol. The molecule has 2 aromatic carbocycles. The molecule has 20 heavy (non-hydrogen) atoms. The summed E-state index contributed by atoms with van der Waals surface area (Å²) in [6, 6.07) is 11.7. The van der Waals surface area contributed by atoms with Gasteiger partial charge >= 0.3 is 0 Å². The van der Waals surface area contributed by atoms with Crippen LogP contribution in [0.2, 0.25) is 5.02 Å². The first kappa shape index (κ1) is 15.3. The Morgan fingerprint density at radius 2 is 1.90 bits per heavy atom. The van der Waals surface area contributed by atoms with Gasteiger partial charge in [0.25, 0.3) is 5.91 Å². The van der Waals surface area contributed by atoms with Gasteiger partial charge in [0.05, 0.1) is 0 Å². The summed E-state index contributed by atoms with van der Waals surface area (Å²) in [4.78, 5) is 13.7. The number of carbonyl (C=O) groups excluding carboxylic acids is 1. The number of benzene rings is 2. The summed E-state index contributed by atoms with van der Waals surface area (Å²) in [7, 11) is 1.63. The highest BCUT2D eigenvalue weighted by Crippen LogP contribution is 2.21. The van der Waals surface area contributed by atoms with Crippen LogP contribution in [0.3, 0.4) is 0 Å². The van der Waals surface area contributed by atoms with E-state index < -0.39 is 5.82 Å². The molecule has 0 fully saturated rings. The van der Waals surface area contributed by atoms with Crippen LogP contribution in [0.5, 0.6) is 0 Å². The normalized spacial score (nSPS) is 10.4. The van der Waals surface area contributed by atoms with Crippen LogP contribution in [0.15, 0.2) is 42.5 Å². The van der Waals surface area contributed by atoms with Gasteiger partial charge < -0.3 is 4.90 Å². The first-order valence-corrected chi connectivity index (χ1v) is 7.38. The Balaban J connectivity index is 2.17. The van der Waals surface area contributed by atoms with Crippen LogP contribution >= 0.6 is 34.2 Å². The van der Waals surface area contributed by atoms with E-state index >= 15 is 0 Å². The van der Waals surface area contributed by atoms with Crippen molar-refractivity contribution in [1.82, 2.24) is 4.90 Å². The SMILES string of the molecule is CN(Cc1c(F)cccc1Cl)C(=O)c1ccc(I)cc1. The molecule has 0 radical (unpaired) electrons. The van der Waals surface area contributed by atoms with E-state index in [1.54, 1.807) is 31.3 Å². The zero-order valence-electron chi connectivity index (χ0n) is 10.7. The Labute approximate surface area is 135 Å². The lowest BCUT2D eigenvalue weighted by molar-refractivity contribution is 0.0784. The molecule has 1 amide bonds. The highest BCUT2D eigenvalue weighted by atomic mass is 127. The van der Waals surface area contributed by atoms with Crippen molar-refractivity contribution < 1.29 is 9.18 Å². The van der Waals surface area contributed by atoms with Gasteiger partial charge in [0.15, 0.2) is 0 Å². The smallest absolute Gasteiger partial charge is 0.253 e. The fraction of sp³-hybridized carbons (Fsp3) is 0.133. The summed E-state index contributed by atoms with van der Waals surface area (Å²) in [5.41, 5.74) is 0.899. The van der Waals surface area contributed by atoms with E-state index in [1.807, 2.05) is 12.1 Å². The number of carbonyl (C=O) groups is 1. The molecular weight excluding hydrogens is 392 g/mol. The fourth-order valence-corrected chi connectivity index (χ4v) is 2.39. The fourth-order valence-electron chi connectivity index (χ4n) is 1.81. The molecule has 0 saturated carbocycles. The van der Waals surface area contributed by atoms with Crippen LogP contribution in [0.1, 0.15) is 15.9 Å². The molecule has 0 aliphatic heterocycles. The van der Waals surface area contributed by atoms with Gasteiger partial charge in [-0.05, 0) is 59.0 Å². The maximum Gasteiger partial charge on any atom is 0.253 e. The van der Waals surface area contributed by atoms with Crippen molar-refractivity contribution in [2.24, 2.45) is 0 Å². The Morgan fingerprint density at radius 3 is 2.50 bits per heavy atom. The van der Waals surface area contributed by atoms with E-state index in [-0.39, 0.29) is 12.5 Å². The van der Waals surface area contributed by atoms with E-state index in [9.17, 15) is 9.18 Å². The summed E-state index contributed by atoms with van der Waals surface area (Å²) < 4.78 is 14.8. The second-order valence-corrected chi connectivity index (χ2v) is 6.02. The van der Waals surface area contributed by atoms with Crippen LogP contribution in [-0.2, 0) is 6.54 Å². The van der Waals surface area contributed by atoms with Crippen LogP contribution < -0.4 is 0 Å². The number of rotatable bonds is 3. The Morgan fingerprint density at radius 1 is 1.25 bits per heavy atom. The predicted octanol–water partition coefficient (Wildman–Crippen LogP) is 4.36. The number of nitrogens with zero attached hydrogens (tertiary/aromatic N) is 1. The zero-order valence-corrected chi connectivity index (χ0v) is 13.7. The summed E-state index contributed by atoms with van der Waals surface area (Å²) in [5, 5.41) is 0.326. The quantitative estimate of drug-likeness (QED) is 0.698. The van der Waals surface area contributed by atoms with Crippen molar-refractivity contribution in [3.63, 3.8) is 0 Å². The van der Waals surface area contributed by atoms with E-state index in [2.05, 4.69) is 22.6 Å². The van der Waals surface area contributed by atoms with Crippen LogP contribution in [0.4, 0.5) is 4.39 Å². The molecule has 0 atom stereocenters. The van der Waals surface area contributed by atoms with Crippen LogP contribution in [0.25, 0.3) is 0 Å². The second kappa shape index (κ2) is 6.54. The van der Waals surface area contributed by atoms with Gasteiger partial charge in [-0.2, -0.15) is 0 Å². The number of halogens is 3. The maximum atomic E-state index is 13.7. The number of hydrogen-bond acceptors (Lipinski definition) is 1. The van der Waals surface area contributed by atoms with Crippen molar-refractivity contribution in [3.05, 3.63) is 68.0 Å². The van der Waals surface area contributed by atoms with Crippen molar-refractivity contribution in [1.29, 1.82) is 0 Å². The molecule has 0 unspecified atom stereocenters. The third-order valence-electron chi connectivity index (χ3n) is 2.89.